The second-order valence-corrected chi connectivity index (χ2v) is 5.14. The van der Waals surface area contributed by atoms with Crippen molar-refractivity contribution >= 4 is 11.8 Å². The Morgan fingerprint density at radius 3 is 2.81 bits per heavy atom. The van der Waals surface area contributed by atoms with Crippen LogP contribution in [-0.4, -0.2) is 58.3 Å². The molecule has 0 unspecified atom stereocenters. The van der Waals surface area contributed by atoms with Gasteiger partial charge in [-0.2, -0.15) is 10.1 Å². The second kappa shape index (κ2) is 6.45. The monoisotopic (exact) mass is 285 g/mol. The molecule has 1 aliphatic rings. The number of likely N-dealkylation sites (N-methyl/N-ethyl adjacent to an activating group) is 1. The van der Waals surface area contributed by atoms with E-state index in [1.165, 1.54) is 0 Å². The smallest absolute Gasteiger partial charge is 0.244 e. The normalized spacial score (nSPS) is 16.0. The summed E-state index contributed by atoms with van der Waals surface area (Å²) < 4.78 is 0. The first-order valence-electron chi connectivity index (χ1n) is 7.07. The lowest BCUT2D eigenvalue weighted by Crippen LogP contribution is -2.44. The van der Waals surface area contributed by atoms with Crippen molar-refractivity contribution in [2.24, 2.45) is 0 Å². The van der Waals surface area contributed by atoms with Gasteiger partial charge >= 0.3 is 0 Å². The molecule has 1 aliphatic heterocycles. The van der Waals surface area contributed by atoms with E-state index >= 15 is 0 Å². The molecule has 1 fully saturated rings. The van der Waals surface area contributed by atoms with Crippen molar-refractivity contribution in [2.45, 2.75) is 6.54 Å². The second-order valence-electron chi connectivity index (χ2n) is 5.14. The van der Waals surface area contributed by atoms with Crippen molar-refractivity contribution in [3.63, 3.8) is 0 Å². The number of hydrogen-bond acceptors (Lipinski definition) is 7. The Balaban J connectivity index is 1.63. The number of nitrogens with one attached hydrogen (secondary N) is 1. The number of anilines is 2. The minimum Gasteiger partial charge on any atom is -0.353 e. The van der Waals surface area contributed by atoms with Crippen molar-refractivity contribution < 1.29 is 0 Å². The number of rotatable bonds is 4. The Morgan fingerprint density at radius 1 is 1.19 bits per heavy atom. The summed E-state index contributed by atoms with van der Waals surface area (Å²) in [7, 11) is 2.14. The van der Waals surface area contributed by atoms with E-state index in [0.717, 1.165) is 37.6 Å². The first-order valence-corrected chi connectivity index (χ1v) is 7.07. The van der Waals surface area contributed by atoms with Crippen LogP contribution in [0.3, 0.4) is 0 Å². The average molecular weight is 285 g/mol. The van der Waals surface area contributed by atoms with Crippen LogP contribution in [0.4, 0.5) is 11.8 Å². The van der Waals surface area contributed by atoms with Crippen LogP contribution in [0.1, 0.15) is 5.56 Å². The molecule has 0 spiro atoms. The molecule has 21 heavy (non-hydrogen) atoms. The predicted molar refractivity (Wildman–Crippen MR) is 81.1 cm³/mol. The van der Waals surface area contributed by atoms with Gasteiger partial charge in [0, 0.05) is 45.1 Å². The van der Waals surface area contributed by atoms with Gasteiger partial charge < -0.3 is 15.1 Å². The molecule has 2 aromatic heterocycles. The number of piperazine rings is 1. The molecule has 3 rings (SSSR count). The van der Waals surface area contributed by atoms with Gasteiger partial charge in [-0.3, -0.25) is 4.98 Å². The first kappa shape index (κ1) is 13.7. The molecule has 1 saturated heterocycles. The Morgan fingerprint density at radius 2 is 2.05 bits per heavy atom. The number of nitrogens with zero attached hydrogens (tertiary/aromatic N) is 6. The van der Waals surface area contributed by atoms with Crippen LogP contribution < -0.4 is 10.2 Å². The fourth-order valence-electron chi connectivity index (χ4n) is 2.24. The van der Waals surface area contributed by atoms with Crippen LogP contribution in [0.15, 0.2) is 30.7 Å². The fraction of sp³-hybridized carbons (Fsp3) is 0.429. The molecule has 0 aliphatic carbocycles. The molecule has 0 saturated carbocycles. The number of pyridine rings is 1. The molecule has 0 radical (unpaired) electrons. The van der Waals surface area contributed by atoms with Gasteiger partial charge in [-0.1, -0.05) is 6.07 Å². The maximum atomic E-state index is 4.54. The predicted octanol–water partition coefficient (Wildman–Crippen LogP) is 0.630. The standard InChI is InChI=1S/C14H19N7/c1-20-5-7-21(8-6-20)13-11-17-19-14(18-13)16-10-12-3-2-4-15-9-12/h2-4,9,11H,5-8,10H2,1H3,(H,16,18,19). The third-order valence-corrected chi connectivity index (χ3v) is 3.55. The molecular weight excluding hydrogens is 266 g/mol. The molecule has 7 nitrogen and oxygen atoms in total. The van der Waals surface area contributed by atoms with E-state index in [2.05, 4.69) is 42.3 Å². The summed E-state index contributed by atoms with van der Waals surface area (Å²) >= 11 is 0. The molecular formula is C14H19N7. The van der Waals surface area contributed by atoms with Gasteiger partial charge in [0.2, 0.25) is 5.95 Å². The van der Waals surface area contributed by atoms with Crippen molar-refractivity contribution in [3.8, 4) is 0 Å². The van der Waals surface area contributed by atoms with Gasteiger partial charge in [-0.25, -0.2) is 0 Å². The lowest BCUT2D eigenvalue weighted by Gasteiger charge is -2.32. The molecule has 0 atom stereocenters. The zero-order valence-corrected chi connectivity index (χ0v) is 12.1. The summed E-state index contributed by atoms with van der Waals surface area (Å²) in [6.07, 6.45) is 5.31. The molecule has 1 N–H and O–H groups in total. The summed E-state index contributed by atoms with van der Waals surface area (Å²) in [4.78, 5) is 13.2. The summed E-state index contributed by atoms with van der Waals surface area (Å²) in [5.41, 5.74) is 1.09. The van der Waals surface area contributed by atoms with Crippen LogP contribution in [0, 0.1) is 0 Å². The molecule has 0 bridgehead atoms. The summed E-state index contributed by atoms with van der Waals surface area (Å²) in [6.45, 7) is 4.67. The number of hydrogen-bond donors (Lipinski definition) is 1. The molecule has 3 heterocycles. The number of aromatic nitrogens is 4. The van der Waals surface area contributed by atoms with Crippen LogP contribution in [0.2, 0.25) is 0 Å². The molecule has 0 amide bonds. The van der Waals surface area contributed by atoms with Crippen LogP contribution in [0.5, 0.6) is 0 Å². The quantitative estimate of drug-likeness (QED) is 0.883. The van der Waals surface area contributed by atoms with Gasteiger partial charge in [-0.05, 0) is 18.7 Å². The molecule has 7 heteroatoms. The average Bonchev–Trinajstić information content (AvgIpc) is 2.55. The third kappa shape index (κ3) is 3.63. The molecule has 2 aromatic rings. The largest absolute Gasteiger partial charge is 0.353 e. The third-order valence-electron chi connectivity index (χ3n) is 3.55. The van der Waals surface area contributed by atoms with Crippen LogP contribution in [-0.2, 0) is 6.54 Å². The zero-order chi connectivity index (χ0) is 14.5. The zero-order valence-electron chi connectivity index (χ0n) is 12.1. The van der Waals surface area contributed by atoms with Crippen LogP contribution >= 0.6 is 0 Å². The van der Waals surface area contributed by atoms with Gasteiger partial charge in [0.25, 0.3) is 0 Å². The van der Waals surface area contributed by atoms with Crippen molar-refractivity contribution in [1.29, 1.82) is 0 Å². The van der Waals surface area contributed by atoms with Gasteiger partial charge in [-0.15, -0.1) is 5.10 Å². The fourth-order valence-corrected chi connectivity index (χ4v) is 2.24. The van der Waals surface area contributed by atoms with Crippen molar-refractivity contribution in [3.05, 3.63) is 36.3 Å². The highest BCUT2D eigenvalue weighted by atomic mass is 15.3. The minimum absolute atomic E-state index is 0.551. The Hall–Kier alpha value is -2.28. The Labute approximate surface area is 124 Å². The minimum atomic E-state index is 0.551. The first-order chi connectivity index (χ1) is 10.3. The van der Waals surface area contributed by atoms with E-state index in [1.54, 1.807) is 12.4 Å². The van der Waals surface area contributed by atoms with Gasteiger partial charge in [0.1, 0.15) is 0 Å². The van der Waals surface area contributed by atoms with E-state index in [9.17, 15) is 0 Å². The molecule has 110 valence electrons. The van der Waals surface area contributed by atoms with Crippen molar-refractivity contribution in [1.82, 2.24) is 25.1 Å². The highest BCUT2D eigenvalue weighted by molar-refractivity contribution is 5.41. The highest BCUT2D eigenvalue weighted by Gasteiger charge is 2.16. The molecule has 0 aromatic carbocycles. The van der Waals surface area contributed by atoms with E-state index in [4.69, 9.17) is 0 Å². The van der Waals surface area contributed by atoms with E-state index < -0.39 is 0 Å². The Bertz CT molecular complexity index is 567. The SMILES string of the molecule is CN1CCN(c2cnnc(NCc3cccnc3)n2)CC1. The highest BCUT2D eigenvalue weighted by Crippen LogP contribution is 2.13. The summed E-state index contributed by atoms with van der Waals surface area (Å²) in [5, 5.41) is 11.3. The van der Waals surface area contributed by atoms with Crippen molar-refractivity contribution in [2.75, 3.05) is 43.4 Å². The summed E-state index contributed by atoms with van der Waals surface area (Å²) in [5.74, 6) is 1.43. The van der Waals surface area contributed by atoms with E-state index in [0.29, 0.717) is 12.5 Å². The maximum Gasteiger partial charge on any atom is 0.244 e. The maximum absolute atomic E-state index is 4.54. The summed E-state index contributed by atoms with van der Waals surface area (Å²) in [6, 6.07) is 3.93. The topological polar surface area (TPSA) is 70.1 Å². The van der Waals surface area contributed by atoms with Gasteiger partial charge in [0.05, 0.1) is 6.20 Å². The Kier molecular flexibility index (Phi) is 4.20. The lowest BCUT2D eigenvalue weighted by molar-refractivity contribution is 0.312. The van der Waals surface area contributed by atoms with Crippen LogP contribution in [0.25, 0.3) is 0 Å². The van der Waals surface area contributed by atoms with E-state index in [-0.39, 0.29) is 0 Å². The van der Waals surface area contributed by atoms with Gasteiger partial charge in [0.15, 0.2) is 5.82 Å². The van der Waals surface area contributed by atoms with E-state index in [1.807, 2.05) is 18.3 Å². The lowest BCUT2D eigenvalue weighted by atomic mass is 10.3.